The lowest BCUT2D eigenvalue weighted by atomic mass is 10.4. The molecule has 6 nitrogen and oxygen atoms in total. The van der Waals surface area contributed by atoms with Crippen LogP contribution in [0.25, 0.3) is 0 Å². The van der Waals surface area contributed by atoms with E-state index in [4.69, 9.17) is 17.3 Å². The second-order valence-corrected chi connectivity index (χ2v) is 3.78. The lowest BCUT2D eigenvalue weighted by Crippen LogP contribution is -2.06. The summed E-state index contributed by atoms with van der Waals surface area (Å²) >= 11 is 5.92. The van der Waals surface area contributed by atoms with Crippen LogP contribution in [0.4, 0.5) is 11.8 Å². The highest BCUT2D eigenvalue weighted by Crippen LogP contribution is 2.18. The normalized spacial score (nSPS) is 10.2. The first kappa shape index (κ1) is 11.5. The summed E-state index contributed by atoms with van der Waals surface area (Å²) in [6.45, 7) is 2.33. The highest BCUT2D eigenvalue weighted by Gasteiger charge is 2.03. The van der Waals surface area contributed by atoms with Crippen molar-refractivity contribution in [2.45, 2.75) is 13.5 Å². The van der Waals surface area contributed by atoms with Crippen molar-refractivity contribution in [2.75, 3.05) is 11.1 Å². The molecule has 2 rings (SSSR count). The van der Waals surface area contributed by atoms with Gasteiger partial charge in [-0.2, -0.15) is 4.98 Å². The smallest absolute Gasteiger partial charge is 0.222 e. The summed E-state index contributed by atoms with van der Waals surface area (Å²) < 4.78 is 0. The molecule has 0 aliphatic carbocycles. The molecule has 0 amide bonds. The molecule has 0 aliphatic rings. The van der Waals surface area contributed by atoms with Gasteiger partial charge >= 0.3 is 0 Å². The quantitative estimate of drug-likeness (QED) is 0.856. The molecule has 0 saturated heterocycles. The standard InChI is InChI=1S/C10H11ClN6/c1-6-13-3-2-7(16-6)4-14-9-8(11)5-15-10(12)17-9/h2-3,5H,4H2,1H3,(H3,12,14,15,17). The molecule has 0 radical (unpaired) electrons. The molecular weight excluding hydrogens is 240 g/mol. The van der Waals surface area contributed by atoms with E-state index in [0.29, 0.717) is 17.4 Å². The van der Waals surface area contributed by atoms with Crippen LogP contribution in [0.2, 0.25) is 5.02 Å². The Morgan fingerprint density at radius 1 is 1.35 bits per heavy atom. The van der Waals surface area contributed by atoms with Crippen LogP contribution in [0.1, 0.15) is 11.5 Å². The van der Waals surface area contributed by atoms with E-state index in [1.807, 2.05) is 13.0 Å². The average molecular weight is 251 g/mol. The maximum Gasteiger partial charge on any atom is 0.222 e. The molecule has 0 aromatic carbocycles. The van der Waals surface area contributed by atoms with Gasteiger partial charge in [0.1, 0.15) is 10.8 Å². The highest BCUT2D eigenvalue weighted by molar-refractivity contribution is 6.32. The molecular formula is C10H11ClN6. The minimum absolute atomic E-state index is 0.177. The molecule has 0 unspecified atom stereocenters. The lowest BCUT2D eigenvalue weighted by Gasteiger charge is -2.07. The summed E-state index contributed by atoms with van der Waals surface area (Å²) in [5.74, 6) is 1.39. The van der Waals surface area contributed by atoms with E-state index in [2.05, 4.69) is 25.3 Å². The zero-order chi connectivity index (χ0) is 12.3. The SMILES string of the molecule is Cc1nccc(CNc2nc(N)ncc2Cl)n1. The Balaban J connectivity index is 2.09. The summed E-state index contributed by atoms with van der Waals surface area (Å²) in [6, 6.07) is 1.82. The maximum absolute atomic E-state index is 5.92. The molecule has 0 bridgehead atoms. The van der Waals surface area contributed by atoms with Crippen molar-refractivity contribution in [1.29, 1.82) is 0 Å². The number of anilines is 2. The highest BCUT2D eigenvalue weighted by atomic mass is 35.5. The Bertz CT molecular complexity index is 530. The van der Waals surface area contributed by atoms with Crippen molar-refractivity contribution < 1.29 is 0 Å². The Kier molecular flexibility index (Phi) is 3.34. The Morgan fingerprint density at radius 3 is 2.94 bits per heavy atom. The van der Waals surface area contributed by atoms with E-state index >= 15 is 0 Å². The van der Waals surface area contributed by atoms with Gasteiger partial charge in [-0.15, -0.1) is 0 Å². The van der Waals surface area contributed by atoms with Crippen LogP contribution in [-0.2, 0) is 6.54 Å². The summed E-state index contributed by atoms with van der Waals surface area (Å²) in [4.78, 5) is 16.0. The first-order valence-corrected chi connectivity index (χ1v) is 5.33. The van der Waals surface area contributed by atoms with Crippen molar-refractivity contribution in [3.8, 4) is 0 Å². The third kappa shape index (κ3) is 3.01. The number of rotatable bonds is 3. The van der Waals surface area contributed by atoms with E-state index in [-0.39, 0.29) is 5.95 Å². The van der Waals surface area contributed by atoms with E-state index in [0.717, 1.165) is 11.5 Å². The molecule has 88 valence electrons. The number of hydrogen-bond donors (Lipinski definition) is 2. The Hall–Kier alpha value is -1.95. The third-order valence-electron chi connectivity index (χ3n) is 2.03. The van der Waals surface area contributed by atoms with Crippen molar-refractivity contribution in [2.24, 2.45) is 0 Å². The summed E-state index contributed by atoms with van der Waals surface area (Å²) in [5.41, 5.74) is 6.33. The van der Waals surface area contributed by atoms with Crippen LogP contribution in [0.5, 0.6) is 0 Å². The molecule has 0 atom stereocenters. The monoisotopic (exact) mass is 250 g/mol. The number of nitrogens with zero attached hydrogens (tertiary/aromatic N) is 4. The van der Waals surface area contributed by atoms with Crippen molar-refractivity contribution in [3.63, 3.8) is 0 Å². The van der Waals surface area contributed by atoms with Gasteiger partial charge in [0.25, 0.3) is 0 Å². The molecule has 2 heterocycles. The second kappa shape index (κ2) is 4.92. The molecule has 7 heteroatoms. The largest absolute Gasteiger partial charge is 0.368 e. The minimum atomic E-state index is 0.177. The molecule has 0 aliphatic heterocycles. The number of nitrogens with two attached hydrogens (primary N) is 1. The Morgan fingerprint density at radius 2 is 2.18 bits per heavy atom. The fraction of sp³-hybridized carbons (Fsp3) is 0.200. The van der Waals surface area contributed by atoms with Gasteiger partial charge in [-0.3, -0.25) is 0 Å². The maximum atomic E-state index is 5.92. The molecule has 3 N–H and O–H groups in total. The fourth-order valence-corrected chi connectivity index (χ4v) is 1.44. The summed E-state index contributed by atoms with van der Waals surface area (Å²) in [6.07, 6.45) is 3.16. The van der Waals surface area contributed by atoms with Crippen LogP contribution >= 0.6 is 11.6 Å². The first-order valence-electron chi connectivity index (χ1n) is 4.95. The van der Waals surface area contributed by atoms with E-state index < -0.39 is 0 Å². The Labute approximate surface area is 103 Å². The minimum Gasteiger partial charge on any atom is -0.368 e. The van der Waals surface area contributed by atoms with Gasteiger partial charge in [-0.05, 0) is 13.0 Å². The van der Waals surface area contributed by atoms with Gasteiger partial charge in [0.15, 0.2) is 5.82 Å². The number of nitrogen functional groups attached to an aromatic ring is 1. The number of aromatic nitrogens is 4. The topological polar surface area (TPSA) is 89.6 Å². The third-order valence-corrected chi connectivity index (χ3v) is 2.31. The predicted octanol–water partition coefficient (Wildman–Crippen LogP) is 1.42. The van der Waals surface area contributed by atoms with Crippen molar-refractivity contribution in [1.82, 2.24) is 19.9 Å². The van der Waals surface area contributed by atoms with Gasteiger partial charge < -0.3 is 11.1 Å². The van der Waals surface area contributed by atoms with Crippen LogP contribution in [0.15, 0.2) is 18.5 Å². The van der Waals surface area contributed by atoms with Gasteiger partial charge in [0.05, 0.1) is 18.4 Å². The van der Waals surface area contributed by atoms with Crippen molar-refractivity contribution >= 4 is 23.4 Å². The van der Waals surface area contributed by atoms with Gasteiger partial charge in [0, 0.05) is 6.20 Å². The number of halogens is 1. The van der Waals surface area contributed by atoms with Gasteiger partial charge in [-0.25, -0.2) is 15.0 Å². The van der Waals surface area contributed by atoms with Gasteiger partial charge in [0.2, 0.25) is 5.95 Å². The fourth-order valence-electron chi connectivity index (χ4n) is 1.28. The molecule has 17 heavy (non-hydrogen) atoms. The number of nitrogens with one attached hydrogen (secondary N) is 1. The van der Waals surface area contributed by atoms with Crippen LogP contribution in [-0.4, -0.2) is 19.9 Å². The first-order chi connectivity index (χ1) is 8.15. The van der Waals surface area contributed by atoms with E-state index in [1.54, 1.807) is 6.20 Å². The zero-order valence-corrected chi connectivity index (χ0v) is 9.94. The lowest BCUT2D eigenvalue weighted by molar-refractivity contribution is 0.948. The number of aryl methyl sites for hydroxylation is 1. The van der Waals surface area contributed by atoms with Crippen molar-refractivity contribution in [3.05, 3.63) is 35.0 Å². The van der Waals surface area contributed by atoms with E-state index in [1.165, 1.54) is 6.20 Å². The summed E-state index contributed by atoms with van der Waals surface area (Å²) in [5, 5.41) is 3.47. The van der Waals surface area contributed by atoms with Crippen LogP contribution in [0.3, 0.4) is 0 Å². The van der Waals surface area contributed by atoms with Gasteiger partial charge in [-0.1, -0.05) is 11.6 Å². The van der Waals surface area contributed by atoms with Crippen LogP contribution in [0, 0.1) is 6.92 Å². The van der Waals surface area contributed by atoms with E-state index in [9.17, 15) is 0 Å². The number of hydrogen-bond acceptors (Lipinski definition) is 6. The average Bonchev–Trinajstić information content (AvgIpc) is 2.30. The second-order valence-electron chi connectivity index (χ2n) is 3.37. The zero-order valence-electron chi connectivity index (χ0n) is 9.18. The molecule has 2 aromatic rings. The molecule has 2 aromatic heterocycles. The predicted molar refractivity (Wildman–Crippen MR) is 65.6 cm³/mol. The summed E-state index contributed by atoms with van der Waals surface area (Å²) in [7, 11) is 0. The molecule has 0 saturated carbocycles. The molecule has 0 fully saturated rings. The van der Waals surface area contributed by atoms with Crippen LogP contribution < -0.4 is 11.1 Å². The molecule has 0 spiro atoms.